The quantitative estimate of drug-likeness (QED) is 0.648. The highest BCUT2D eigenvalue weighted by atomic mass is 16.5. The number of methoxy groups -OCH3 is 1. The third-order valence-electron chi connectivity index (χ3n) is 2.60. The second-order valence-electron chi connectivity index (χ2n) is 3.69. The summed E-state index contributed by atoms with van der Waals surface area (Å²) in [6.45, 7) is 2.39. The largest absolute Gasteiger partial charge is 0.497 e. The zero-order chi connectivity index (χ0) is 12.3. The summed E-state index contributed by atoms with van der Waals surface area (Å²) in [7, 11) is 1.65. The van der Waals surface area contributed by atoms with Crippen LogP contribution in [0.2, 0.25) is 0 Å². The SMILES string of the molecule is CCOC(=N)c1ccc2cc(OC)ccc2c1. The van der Waals surface area contributed by atoms with E-state index in [0.29, 0.717) is 6.61 Å². The molecule has 0 saturated heterocycles. The van der Waals surface area contributed by atoms with Crippen molar-refractivity contribution in [2.24, 2.45) is 0 Å². The van der Waals surface area contributed by atoms with E-state index in [2.05, 4.69) is 0 Å². The van der Waals surface area contributed by atoms with E-state index in [-0.39, 0.29) is 5.90 Å². The molecule has 0 aliphatic carbocycles. The highest BCUT2D eigenvalue weighted by Gasteiger charge is 2.03. The fourth-order valence-electron chi connectivity index (χ4n) is 1.72. The van der Waals surface area contributed by atoms with Gasteiger partial charge >= 0.3 is 0 Å². The molecule has 0 fully saturated rings. The minimum absolute atomic E-state index is 0.213. The van der Waals surface area contributed by atoms with Gasteiger partial charge in [-0.15, -0.1) is 0 Å². The van der Waals surface area contributed by atoms with E-state index in [4.69, 9.17) is 14.9 Å². The van der Waals surface area contributed by atoms with Crippen molar-refractivity contribution in [2.45, 2.75) is 6.92 Å². The van der Waals surface area contributed by atoms with Gasteiger partial charge in [0.25, 0.3) is 0 Å². The van der Waals surface area contributed by atoms with Crippen LogP contribution in [0.4, 0.5) is 0 Å². The Morgan fingerprint density at radius 3 is 2.53 bits per heavy atom. The molecule has 0 atom stereocenters. The molecule has 3 heteroatoms. The van der Waals surface area contributed by atoms with Crippen LogP contribution < -0.4 is 4.74 Å². The maximum atomic E-state index is 7.74. The molecule has 0 saturated carbocycles. The fourth-order valence-corrected chi connectivity index (χ4v) is 1.72. The molecule has 1 N–H and O–H groups in total. The van der Waals surface area contributed by atoms with E-state index in [1.807, 2.05) is 43.3 Å². The van der Waals surface area contributed by atoms with Gasteiger partial charge in [0.05, 0.1) is 13.7 Å². The Morgan fingerprint density at radius 1 is 1.12 bits per heavy atom. The summed E-state index contributed by atoms with van der Waals surface area (Å²) in [5.74, 6) is 1.05. The summed E-state index contributed by atoms with van der Waals surface area (Å²) >= 11 is 0. The lowest BCUT2D eigenvalue weighted by atomic mass is 10.1. The number of hydrogen-bond acceptors (Lipinski definition) is 3. The molecule has 0 amide bonds. The first kappa shape index (κ1) is 11.5. The van der Waals surface area contributed by atoms with Crippen molar-refractivity contribution < 1.29 is 9.47 Å². The third kappa shape index (κ3) is 2.38. The predicted molar refractivity (Wildman–Crippen MR) is 69.0 cm³/mol. The standard InChI is InChI=1S/C14H15NO2/c1-3-17-14(15)12-5-4-11-9-13(16-2)7-6-10(11)8-12/h4-9,15H,3H2,1-2H3. The molecule has 0 bridgehead atoms. The lowest BCUT2D eigenvalue weighted by molar-refractivity contribution is 0.325. The van der Waals surface area contributed by atoms with Gasteiger partial charge in [-0.2, -0.15) is 0 Å². The molecule has 17 heavy (non-hydrogen) atoms. The number of hydrogen-bond donors (Lipinski definition) is 1. The van der Waals surface area contributed by atoms with Crippen LogP contribution in [0.3, 0.4) is 0 Å². The molecule has 0 spiro atoms. The molecule has 0 aliphatic heterocycles. The van der Waals surface area contributed by atoms with Gasteiger partial charge in [-0.1, -0.05) is 12.1 Å². The Bertz CT molecular complexity index is 549. The second-order valence-corrected chi connectivity index (χ2v) is 3.69. The highest BCUT2D eigenvalue weighted by molar-refractivity contribution is 5.97. The summed E-state index contributed by atoms with van der Waals surface area (Å²) in [6, 6.07) is 11.7. The molecule has 0 aromatic heterocycles. The van der Waals surface area contributed by atoms with Crippen molar-refractivity contribution in [3.8, 4) is 5.75 Å². The van der Waals surface area contributed by atoms with Crippen LogP contribution in [-0.4, -0.2) is 19.6 Å². The maximum Gasteiger partial charge on any atom is 0.213 e. The number of benzene rings is 2. The molecule has 3 nitrogen and oxygen atoms in total. The Hall–Kier alpha value is -2.03. The van der Waals surface area contributed by atoms with Crippen molar-refractivity contribution in [2.75, 3.05) is 13.7 Å². The van der Waals surface area contributed by atoms with E-state index >= 15 is 0 Å². The lowest BCUT2D eigenvalue weighted by Gasteiger charge is -2.07. The fraction of sp³-hybridized carbons (Fsp3) is 0.214. The zero-order valence-electron chi connectivity index (χ0n) is 9.99. The Labute approximate surface area is 100 Å². The number of nitrogens with one attached hydrogen (secondary N) is 1. The van der Waals surface area contributed by atoms with Crippen molar-refractivity contribution >= 4 is 16.7 Å². The Morgan fingerprint density at radius 2 is 1.82 bits per heavy atom. The van der Waals surface area contributed by atoms with Gasteiger partial charge in [-0.3, -0.25) is 5.41 Å². The minimum atomic E-state index is 0.213. The second kappa shape index (κ2) is 4.87. The van der Waals surface area contributed by atoms with Crippen LogP contribution in [0.25, 0.3) is 10.8 Å². The molecular formula is C14H15NO2. The smallest absolute Gasteiger partial charge is 0.213 e. The summed E-state index contributed by atoms with van der Waals surface area (Å²) < 4.78 is 10.4. The topological polar surface area (TPSA) is 42.3 Å². The summed E-state index contributed by atoms with van der Waals surface area (Å²) in [5, 5.41) is 9.91. The average molecular weight is 229 g/mol. The van der Waals surface area contributed by atoms with Gasteiger partial charge in [-0.05, 0) is 42.0 Å². The van der Waals surface area contributed by atoms with Crippen LogP contribution in [-0.2, 0) is 4.74 Å². The monoisotopic (exact) mass is 229 g/mol. The molecule has 2 aromatic rings. The van der Waals surface area contributed by atoms with E-state index < -0.39 is 0 Å². The van der Waals surface area contributed by atoms with Crippen molar-refractivity contribution in [1.82, 2.24) is 0 Å². The summed E-state index contributed by atoms with van der Waals surface area (Å²) in [6.07, 6.45) is 0. The molecule has 2 aromatic carbocycles. The minimum Gasteiger partial charge on any atom is -0.497 e. The first-order chi connectivity index (χ1) is 8.24. The van der Waals surface area contributed by atoms with Gasteiger partial charge in [0.1, 0.15) is 5.75 Å². The average Bonchev–Trinajstić information content (AvgIpc) is 2.37. The van der Waals surface area contributed by atoms with E-state index in [9.17, 15) is 0 Å². The normalized spacial score (nSPS) is 10.2. The predicted octanol–water partition coefficient (Wildman–Crippen LogP) is 3.21. The van der Waals surface area contributed by atoms with Gasteiger partial charge in [0, 0.05) is 5.56 Å². The molecule has 88 valence electrons. The van der Waals surface area contributed by atoms with Crippen LogP contribution in [0.5, 0.6) is 5.75 Å². The number of ether oxygens (including phenoxy) is 2. The van der Waals surface area contributed by atoms with Crippen molar-refractivity contribution in [3.05, 3.63) is 42.0 Å². The van der Waals surface area contributed by atoms with Crippen LogP contribution >= 0.6 is 0 Å². The van der Waals surface area contributed by atoms with E-state index in [1.54, 1.807) is 7.11 Å². The van der Waals surface area contributed by atoms with Crippen molar-refractivity contribution in [1.29, 1.82) is 5.41 Å². The number of fused-ring (bicyclic) bond motifs is 1. The first-order valence-electron chi connectivity index (χ1n) is 5.54. The van der Waals surface area contributed by atoms with Gasteiger partial charge in [0.2, 0.25) is 5.90 Å². The summed E-state index contributed by atoms with van der Waals surface area (Å²) in [5.41, 5.74) is 0.796. The number of rotatable bonds is 3. The lowest BCUT2D eigenvalue weighted by Crippen LogP contribution is -2.04. The zero-order valence-corrected chi connectivity index (χ0v) is 9.99. The highest BCUT2D eigenvalue weighted by Crippen LogP contribution is 2.22. The molecule has 0 aliphatic rings. The maximum absolute atomic E-state index is 7.74. The Balaban J connectivity index is 2.41. The first-order valence-corrected chi connectivity index (χ1v) is 5.54. The van der Waals surface area contributed by atoms with E-state index in [1.165, 1.54) is 0 Å². The van der Waals surface area contributed by atoms with E-state index in [0.717, 1.165) is 22.1 Å². The molecule has 0 unspecified atom stereocenters. The van der Waals surface area contributed by atoms with Crippen LogP contribution in [0.15, 0.2) is 36.4 Å². The van der Waals surface area contributed by atoms with Crippen LogP contribution in [0, 0.1) is 5.41 Å². The molecule has 2 rings (SSSR count). The summed E-state index contributed by atoms with van der Waals surface area (Å²) in [4.78, 5) is 0. The molecular weight excluding hydrogens is 214 g/mol. The van der Waals surface area contributed by atoms with Gasteiger partial charge in [-0.25, -0.2) is 0 Å². The third-order valence-corrected chi connectivity index (χ3v) is 2.60. The van der Waals surface area contributed by atoms with Crippen LogP contribution in [0.1, 0.15) is 12.5 Å². The van der Waals surface area contributed by atoms with Gasteiger partial charge < -0.3 is 9.47 Å². The van der Waals surface area contributed by atoms with Crippen molar-refractivity contribution in [3.63, 3.8) is 0 Å². The molecule has 0 radical (unpaired) electrons. The molecule has 0 heterocycles. The van der Waals surface area contributed by atoms with Gasteiger partial charge in [0.15, 0.2) is 0 Å². The Kier molecular flexibility index (Phi) is 3.28.